The van der Waals surface area contributed by atoms with Crippen molar-refractivity contribution in [2.75, 3.05) is 14.2 Å². The van der Waals surface area contributed by atoms with Gasteiger partial charge in [-0.25, -0.2) is 0 Å². The first-order valence-electron chi connectivity index (χ1n) is 4.32. The van der Waals surface area contributed by atoms with Crippen molar-refractivity contribution in [3.05, 3.63) is 0 Å². The minimum Gasteiger partial charge on any atom is -0.741 e. The summed E-state index contributed by atoms with van der Waals surface area (Å²) in [6.07, 6.45) is 0. The van der Waals surface area contributed by atoms with E-state index in [2.05, 4.69) is 30.5 Å². The van der Waals surface area contributed by atoms with Gasteiger partial charge in [-0.05, 0) is 19.0 Å². The van der Waals surface area contributed by atoms with E-state index in [0.29, 0.717) is 16.6 Å². The Kier molecular flexibility index (Phi) is 11.3. The Morgan fingerprint density at radius 3 is 1.88 bits per heavy atom. The van der Waals surface area contributed by atoms with E-state index < -0.39 is 0 Å². The first-order chi connectivity index (χ1) is 7.51. The number of ether oxygens (including phenoxy) is 1. The molecule has 0 spiro atoms. The Morgan fingerprint density at radius 2 is 1.47 bits per heavy atom. The van der Waals surface area contributed by atoms with Gasteiger partial charge in [-0.15, -0.1) is 5.10 Å². The summed E-state index contributed by atoms with van der Waals surface area (Å²) in [5.74, 6) is 0. The average Bonchev–Trinajstić information content (AvgIpc) is 2.31. The third kappa shape index (κ3) is 8.96. The van der Waals surface area contributed by atoms with Crippen molar-refractivity contribution in [1.82, 2.24) is 5.32 Å². The zero-order valence-electron chi connectivity index (χ0n) is 9.83. The SMILES string of the molecule is CNC([S-])=NN=C(C)C(C)=NN=C([S-])OC.[Ni+2]. The fraction of sp³-hybridized carbons (Fsp3) is 0.500. The van der Waals surface area contributed by atoms with Crippen LogP contribution in [0.2, 0.25) is 0 Å². The van der Waals surface area contributed by atoms with Gasteiger partial charge in [0.05, 0.1) is 23.8 Å². The van der Waals surface area contributed by atoms with Gasteiger partial charge in [0.1, 0.15) is 0 Å². The molecule has 0 aliphatic heterocycles. The molecule has 6 nitrogen and oxygen atoms in total. The van der Waals surface area contributed by atoms with Crippen LogP contribution in [0, 0.1) is 0 Å². The van der Waals surface area contributed by atoms with Gasteiger partial charge in [-0.3, -0.25) is 0 Å². The predicted octanol–water partition coefficient (Wildman–Crippen LogP) is 0.407. The average molecular weight is 318 g/mol. The van der Waals surface area contributed by atoms with Crippen LogP contribution in [0.3, 0.4) is 0 Å². The molecule has 0 atom stereocenters. The standard InChI is InChI=1S/C8H15N5OS2.Ni/c1-5(10-12-7(15)9-3)6(2)11-13-8(16)14-4;/h1-4H3,(H,13,16)(H2,9,12,15);/q;+2/p-2. The molecule has 0 radical (unpaired) electrons. The molecule has 0 saturated carbocycles. The fourth-order valence-corrected chi connectivity index (χ4v) is 0.553. The molecule has 0 bridgehead atoms. The van der Waals surface area contributed by atoms with Crippen LogP contribution < -0.4 is 5.32 Å². The number of nitrogens with one attached hydrogen (secondary N) is 1. The first-order valence-corrected chi connectivity index (χ1v) is 5.13. The molecule has 0 heterocycles. The van der Waals surface area contributed by atoms with Gasteiger partial charge in [-0.2, -0.15) is 15.3 Å². The molecule has 9 heteroatoms. The molecular weight excluding hydrogens is 305 g/mol. The molecule has 0 fully saturated rings. The molecule has 0 aromatic heterocycles. The van der Waals surface area contributed by atoms with Gasteiger partial charge in [0, 0.05) is 7.05 Å². The molecule has 0 aliphatic carbocycles. The predicted molar refractivity (Wildman–Crippen MR) is 71.9 cm³/mol. The molecule has 0 aliphatic rings. The number of nitrogens with zero attached hydrogens (tertiary/aromatic N) is 4. The summed E-state index contributed by atoms with van der Waals surface area (Å²) in [7, 11) is 3.10. The van der Waals surface area contributed by atoms with Crippen molar-refractivity contribution in [2.24, 2.45) is 20.4 Å². The molecule has 0 aromatic rings. The van der Waals surface area contributed by atoms with E-state index >= 15 is 0 Å². The minimum atomic E-state index is 0. The number of hydrogen-bond acceptors (Lipinski definition) is 7. The molecule has 0 aromatic carbocycles. The van der Waals surface area contributed by atoms with Crippen LogP contribution in [0.4, 0.5) is 0 Å². The fourth-order valence-electron chi connectivity index (χ4n) is 0.472. The summed E-state index contributed by atoms with van der Waals surface area (Å²) < 4.78 is 4.66. The molecular formula is C8H13N5NiOS2. The normalized spacial score (nSPS) is 14.1. The Balaban J connectivity index is 0. The zero-order chi connectivity index (χ0) is 12.6. The van der Waals surface area contributed by atoms with E-state index in [1.165, 1.54) is 7.11 Å². The van der Waals surface area contributed by atoms with Crippen LogP contribution in [-0.4, -0.2) is 36.0 Å². The Hall–Kier alpha value is -0.786. The second-order valence-corrected chi connectivity index (χ2v) is 3.33. The van der Waals surface area contributed by atoms with Crippen LogP contribution in [0.1, 0.15) is 13.8 Å². The van der Waals surface area contributed by atoms with E-state index in [1.54, 1.807) is 20.9 Å². The topological polar surface area (TPSA) is 70.7 Å². The minimum absolute atomic E-state index is 0. The zero-order valence-corrected chi connectivity index (χ0v) is 12.5. The molecule has 0 saturated heterocycles. The van der Waals surface area contributed by atoms with Gasteiger partial charge in [-0.1, -0.05) is 0 Å². The van der Waals surface area contributed by atoms with Crippen LogP contribution in [0.5, 0.6) is 0 Å². The second kappa shape index (κ2) is 10.4. The maximum Gasteiger partial charge on any atom is 2.00 e. The summed E-state index contributed by atoms with van der Waals surface area (Å²) in [6, 6.07) is 0. The molecule has 17 heavy (non-hydrogen) atoms. The maximum absolute atomic E-state index is 4.80. The number of rotatable bonds is 3. The van der Waals surface area contributed by atoms with Crippen molar-refractivity contribution in [3.8, 4) is 0 Å². The second-order valence-electron chi connectivity index (χ2n) is 2.60. The van der Waals surface area contributed by atoms with Gasteiger partial charge in [0.2, 0.25) is 0 Å². The third-order valence-corrected chi connectivity index (χ3v) is 2.02. The van der Waals surface area contributed by atoms with Crippen molar-refractivity contribution >= 4 is 47.1 Å². The van der Waals surface area contributed by atoms with Crippen LogP contribution in [-0.2, 0) is 46.5 Å². The summed E-state index contributed by atoms with van der Waals surface area (Å²) in [5.41, 5.74) is 1.18. The van der Waals surface area contributed by atoms with Crippen LogP contribution in [0.25, 0.3) is 0 Å². The number of amidine groups is 1. The maximum atomic E-state index is 4.80. The Labute approximate surface area is 122 Å². The van der Waals surface area contributed by atoms with Gasteiger partial charge in [0.25, 0.3) is 0 Å². The smallest absolute Gasteiger partial charge is 0.741 e. The molecule has 0 rings (SSSR count). The largest absolute Gasteiger partial charge is 2.00 e. The van der Waals surface area contributed by atoms with E-state index in [4.69, 9.17) is 25.3 Å². The molecule has 1 N–H and O–H groups in total. The van der Waals surface area contributed by atoms with Crippen LogP contribution >= 0.6 is 0 Å². The van der Waals surface area contributed by atoms with E-state index in [9.17, 15) is 0 Å². The monoisotopic (exact) mass is 317 g/mol. The molecule has 0 unspecified atom stereocenters. The van der Waals surface area contributed by atoms with Gasteiger partial charge < -0.3 is 35.3 Å². The summed E-state index contributed by atoms with van der Waals surface area (Å²) >= 11 is 9.49. The first kappa shape index (κ1) is 18.6. The number of hydrogen-bond donors (Lipinski definition) is 1. The number of methoxy groups -OCH3 is 1. The summed E-state index contributed by atoms with van der Waals surface area (Å²) in [6.45, 7) is 3.48. The third-order valence-electron chi connectivity index (χ3n) is 1.48. The van der Waals surface area contributed by atoms with Crippen molar-refractivity contribution in [2.45, 2.75) is 13.8 Å². The van der Waals surface area contributed by atoms with Gasteiger partial charge >= 0.3 is 16.5 Å². The van der Waals surface area contributed by atoms with E-state index in [-0.39, 0.29) is 21.7 Å². The Morgan fingerprint density at radius 1 is 1.00 bits per heavy atom. The molecule has 98 valence electrons. The summed E-state index contributed by atoms with van der Waals surface area (Å²) in [4.78, 5) is 0. The van der Waals surface area contributed by atoms with E-state index in [0.717, 1.165) is 0 Å². The quantitative estimate of drug-likeness (QED) is 0.269. The van der Waals surface area contributed by atoms with Gasteiger partial charge in [0.15, 0.2) is 0 Å². The Bertz CT molecular complexity index is 320. The van der Waals surface area contributed by atoms with Crippen LogP contribution in [0.15, 0.2) is 20.4 Å². The van der Waals surface area contributed by atoms with Crippen molar-refractivity contribution in [1.29, 1.82) is 0 Å². The van der Waals surface area contributed by atoms with Crippen molar-refractivity contribution in [3.63, 3.8) is 0 Å². The summed E-state index contributed by atoms with van der Waals surface area (Å²) in [5, 5.41) is 18.1. The molecule has 0 amide bonds. The van der Waals surface area contributed by atoms with Crippen molar-refractivity contribution < 1.29 is 21.2 Å². The van der Waals surface area contributed by atoms with E-state index in [1.807, 2.05) is 0 Å².